The van der Waals surface area contributed by atoms with Crippen LogP contribution in [0.2, 0.25) is 0 Å². The van der Waals surface area contributed by atoms with Crippen molar-refractivity contribution in [2.75, 3.05) is 31.6 Å². The second kappa shape index (κ2) is 7.35. The molecule has 0 N–H and O–H groups in total. The number of benzene rings is 1. The number of ether oxygens (including phenoxy) is 1. The number of aromatic nitrogens is 4. The Balaban J connectivity index is 1.53. The zero-order valence-electron chi connectivity index (χ0n) is 16.7. The van der Waals surface area contributed by atoms with Crippen molar-refractivity contribution in [2.24, 2.45) is 0 Å². The summed E-state index contributed by atoms with van der Waals surface area (Å²) in [5.41, 5.74) is 3.04. The molecule has 4 rings (SSSR count). The predicted molar refractivity (Wildman–Crippen MR) is 105 cm³/mol. The van der Waals surface area contributed by atoms with Crippen molar-refractivity contribution in [3.63, 3.8) is 0 Å². The quantitative estimate of drug-likeness (QED) is 0.689. The summed E-state index contributed by atoms with van der Waals surface area (Å²) in [5, 5.41) is 4.37. The smallest absolute Gasteiger partial charge is 0.254 e. The normalized spacial score (nSPS) is 18.0. The highest BCUT2D eigenvalue weighted by atomic mass is 19.1. The summed E-state index contributed by atoms with van der Waals surface area (Å²) in [6.45, 7) is 9.60. The van der Waals surface area contributed by atoms with Gasteiger partial charge in [0.25, 0.3) is 5.78 Å². The van der Waals surface area contributed by atoms with Gasteiger partial charge in [0.15, 0.2) is 11.6 Å². The second-order valence-electron chi connectivity index (χ2n) is 7.35. The topological polar surface area (TPSA) is 58.8 Å². The highest BCUT2D eigenvalue weighted by Gasteiger charge is 2.27. The number of anilines is 1. The van der Waals surface area contributed by atoms with E-state index in [1.807, 2.05) is 17.5 Å². The lowest BCUT2D eigenvalue weighted by atomic mass is 10.1. The zero-order chi connectivity index (χ0) is 19.8. The molecule has 0 radical (unpaired) electrons. The molecule has 1 aliphatic heterocycles. The number of halogens is 1. The lowest BCUT2D eigenvalue weighted by Gasteiger charge is -2.41. The van der Waals surface area contributed by atoms with E-state index in [2.05, 4.69) is 38.7 Å². The minimum absolute atomic E-state index is 0.280. The van der Waals surface area contributed by atoms with Gasteiger partial charge in [0.2, 0.25) is 0 Å². The van der Waals surface area contributed by atoms with E-state index in [4.69, 9.17) is 4.74 Å². The van der Waals surface area contributed by atoms with Gasteiger partial charge in [-0.05, 0) is 38.5 Å². The molecule has 1 unspecified atom stereocenters. The summed E-state index contributed by atoms with van der Waals surface area (Å²) in [6.07, 6.45) is 1.54. The van der Waals surface area contributed by atoms with Crippen molar-refractivity contribution >= 4 is 11.6 Å². The number of nitrogens with zero attached hydrogens (tertiary/aromatic N) is 6. The fourth-order valence-electron chi connectivity index (χ4n) is 3.85. The van der Waals surface area contributed by atoms with E-state index in [0.717, 1.165) is 42.3 Å². The van der Waals surface area contributed by atoms with Crippen LogP contribution in [0.4, 0.5) is 10.2 Å². The Morgan fingerprint density at radius 2 is 2.07 bits per heavy atom. The molecule has 8 heteroatoms. The zero-order valence-corrected chi connectivity index (χ0v) is 16.7. The van der Waals surface area contributed by atoms with Crippen molar-refractivity contribution in [3.05, 3.63) is 47.2 Å². The SMILES string of the molecule is COc1ccc(CN2CCN(c3c(C)c(C)nc4ncnn34)CC2C)cc1F. The molecular formula is C20H25FN6O. The Hall–Kier alpha value is -2.74. The third-order valence-electron chi connectivity index (χ3n) is 5.54. The highest BCUT2D eigenvalue weighted by molar-refractivity contribution is 5.54. The third kappa shape index (κ3) is 3.28. The minimum atomic E-state index is -0.317. The van der Waals surface area contributed by atoms with Crippen LogP contribution in [0, 0.1) is 19.7 Å². The Bertz CT molecular complexity index is 1000. The van der Waals surface area contributed by atoms with Gasteiger partial charge in [-0.1, -0.05) is 6.07 Å². The molecular weight excluding hydrogens is 359 g/mol. The maximum Gasteiger partial charge on any atom is 0.254 e. The Morgan fingerprint density at radius 1 is 1.25 bits per heavy atom. The molecule has 28 heavy (non-hydrogen) atoms. The van der Waals surface area contributed by atoms with E-state index in [1.165, 1.54) is 7.11 Å². The standard InChI is InChI=1S/C20H25FN6O/c1-13-10-26(19-14(2)15(3)24-20-22-12-23-27(19)20)8-7-25(13)11-16-5-6-18(28-4)17(21)9-16/h5-6,9,12-13H,7-8,10-11H2,1-4H3. The van der Waals surface area contributed by atoms with Crippen LogP contribution in [-0.4, -0.2) is 57.3 Å². The van der Waals surface area contributed by atoms with Crippen molar-refractivity contribution in [1.82, 2.24) is 24.5 Å². The van der Waals surface area contributed by atoms with Crippen LogP contribution in [0.25, 0.3) is 5.78 Å². The number of methoxy groups -OCH3 is 1. The van der Waals surface area contributed by atoms with E-state index in [9.17, 15) is 4.39 Å². The monoisotopic (exact) mass is 384 g/mol. The summed E-state index contributed by atoms with van der Waals surface area (Å²) in [7, 11) is 1.48. The minimum Gasteiger partial charge on any atom is -0.494 e. The van der Waals surface area contributed by atoms with Gasteiger partial charge in [-0.25, -0.2) is 9.37 Å². The molecule has 1 aliphatic rings. The second-order valence-corrected chi connectivity index (χ2v) is 7.35. The molecule has 3 aromatic rings. The number of aryl methyl sites for hydroxylation is 1. The Morgan fingerprint density at radius 3 is 2.79 bits per heavy atom. The lowest BCUT2D eigenvalue weighted by molar-refractivity contribution is 0.180. The first-order valence-electron chi connectivity index (χ1n) is 9.46. The van der Waals surface area contributed by atoms with Crippen LogP contribution in [0.1, 0.15) is 23.7 Å². The van der Waals surface area contributed by atoms with Gasteiger partial charge in [0.1, 0.15) is 12.1 Å². The molecule has 3 heterocycles. The summed E-state index contributed by atoms with van der Waals surface area (Å²) < 4.78 is 20.8. The van der Waals surface area contributed by atoms with Crippen molar-refractivity contribution in [1.29, 1.82) is 0 Å². The summed E-state index contributed by atoms with van der Waals surface area (Å²) in [5.74, 6) is 1.65. The van der Waals surface area contributed by atoms with Gasteiger partial charge < -0.3 is 9.64 Å². The molecule has 0 spiro atoms. The van der Waals surface area contributed by atoms with E-state index < -0.39 is 0 Å². The van der Waals surface area contributed by atoms with Crippen LogP contribution in [0.3, 0.4) is 0 Å². The van der Waals surface area contributed by atoms with Gasteiger partial charge in [0, 0.05) is 43.5 Å². The van der Waals surface area contributed by atoms with Gasteiger partial charge in [-0.15, -0.1) is 0 Å². The molecule has 1 saturated heterocycles. The van der Waals surface area contributed by atoms with Crippen LogP contribution in [-0.2, 0) is 6.54 Å². The predicted octanol–water partition coefficient (Wildman–Crippen LogP) is 2.60. The maximum atomic E-state index is 14.0. The molecule has 7 nitrogen and oxygen atoms in total. The van der Waals surface area contributed by atoms with E-state index in [-0.39, 0.29) is 11.6 Å². The molecule has 1 aromatic carbocycles. The van der Waals surface area contributed by atoms with Gasteiger partial charge in [-0.3, -0.25) is 4.90 Å². The number of hydrogen-bond acceptors (Lipinski definition) is 6. The van der Waals surface area contributed by atoms with E-state index >= 15 is 0 Å². The first-order valence-corrected chi connectivity index (χ1v) is 9.46. The average Bonchev–Trinajstić information content (AvgIpc) is 3.12. The Kier molecular flexibility index (Phi) is 4.89. The largest absolute Gasteiger partial charge is 0.494 e. The molecule has 0 saturated carbocycles. The first kappa shape index (κ1) is 18.6. The van der Waals surface area contributed by atoms with Crippen molar-refractivity contribution in [2.45, 2.75) is 33.4 Å². The summed E-state index contributed by atoms with van der Waals surface area (Å²) >= 11 is 0. The summed E-state index contributed by atoms with van der Waals surface area (Å²) in [4.78, 5) is 13.5. The van der Waals surface area contributed by atoms with Gasteiger partial charge in [0.05, 0.1) is 7.11 Å². The molecule has 0 amide bonds. The molecule has 1 atom stereocenters. The first-order chi connectivity index (χ1) is 13.5. The number of piperazine rings is 1. The van der Waals surface area contributed by atoms with Crippen LogP contribution < -0.4 is 9.64 Å². The average molecular weight is 384 g/mol. The molecule has 2 aromatic heterocycles. The fourth-order valence-corrected chi connectivity index (χ4v) is 3.85. The van der Waals surface area contributed by atoms with Crippen molar-refractivity contribution in [3.8, 4) is 5.75 Å². The number of rotatable bonds is 4. The lowest BCUT2D eigenvalue weighted by Crippen LogP contribution is -2.52. The van der Waals surface area contributed by atoms with Crippen LogP contribution >= 0.6 is 0 Å². The highest BCUT2D eigenvalue weighted by Crippen LogP contribution is 2.26. The maximum absolute atomic E-state index is 14.0. The van der Waals surface area contributed by atoms with Gasteiger partial charge in [-0.2, -0.15) is 14.6 Å². The van der Waals surface area contributed by atoms with Crippen LogP contribution in [0.5, 0.6) is 5.75 Å². The van der Waals surface area contributed by atoms with Crippen molar-refractivity contribution < 1.29 is 9.13 Å². The fraction of sp³-hybridized carbons (Fsp3) is 0.450. The molecule has 1 fully saturated rings. The third-order valence-corrected chi connectivity index (χ3v) is 5.54. The van der Waals surface area contributed by atoms with E-state index in [0.29, 0.717) is 18.4 Å². The number of fused-ring (bicyclic) bond motifs is 1. The molecule has 0 aliphatic carbocycles. The van der Waals surface area contributed by atoms with E-state index in [1.54, 1.807) is 18.5 Å². The molecule has 148 valence electrons. The molecule has 0 bridgehead atoms. The number of hydrogen-bond donors (Lipinski definition) is 0. The van der Waals surface area contributed by atoms with Gasteiger partial charge >= 0.3 is 0 Å². The van der Waals surface area contributed by atoms with Crippen LogP contribution in [0.15, 0.2) is 24.5 Å². The Labute approximate surface area is 163 Å². The summed E-state index contributed by atoms with van der Waals surface area (Å²) in [6, 6.07) is 5.49.